The number of fused-ring (bicyclic) bond motifs is 1. The summed E-state index contributed by atoms with van der Waals surface area (Å²) >= 11 is 13.8. The van der Waals surface area contributed by atoms with Gasteiger partial charge in [-0.3, -0.25) is 4.79 Å². The Labute approximate surface area is 131 Å². The van der Waals surface area contributed by atoms with Crippen molar-refractivity contribution in [1.29, 1.82) is 0 Å². The number of methoxy groups -OCH3 is 1. The topological polar surface area (TPSA) is 26.3 Å². The van der Waals surface area contributed by atoms with Crippen LogP contribution in [0.1, 0.15) is 32.1 Å². The van der Waals surface area contributed by atoms with Gasteiger partial charge in [0.05, 0.1) is 22.0 Å². The van der Waals surface area contributed by atoms with E-state index in [-0.39, 0.29) is 5.78 Å². The molecule has 104 valence electrons. The van der Waals surface area contributed by atoms with Crippen LogP contribution in [0.2, 0.25) is 10.0 Å². The highest BCUT2D eigenvalue weighted by Gasteiger charge is 2.22. The summed E-state index contributed by atoms with van der Waals surface area (Å²) < 4.78 is 5.09. The van der Waals surface area contributed by atoms with Crippen LogP contribution in [0.5, 0.6) is 5.75 Å². The predicted octanol–water partition coefficient (Wildman–Crippen LogP) is 4.78. The Kier molecular flexibility index (Phi) is 3.76. The number of ketones is 1. The summed E-state index contributed by atoms with van der Waals surface area (Å²) in [6, 6.07) is 5.15. The monoisotopic (exact) mass is 326 g/mol. The molecule has 0 N–H and O–H groups in total. The van der Waals surface area contributed by atoms with Gasteiger partial charge in [0.2, 0.25) is 5.78 Å². The molecule has 2 nitrogen and oxygen atoms in total. The summed E-state index contributed by atoms with van der Waals surface area (Å²) in [5.41, 5.74) is 1.73. The third-order valence-corrected chi connectivity index (χ3v) is 5.30. The van der Waals surface area contributed by atoms with Crippen LogP contribution in [-0.2, 0) is 12.8 Å². The van der Waals surface area contributed by atoms with Crippen molar-refractivity contribution < 1.29 is 9.53 Å². The minimum absolute atomic E-state index is 0.0704. The Balaban J connectivity index is 1.99. The average Bonchev–Trinajstić information content (AvgIpc) is 3.01. The van der Waals surface area contributed by atoms with Gasteiger partial charge in [-0.05, 0) is 37.0 Å². The Hall–Kier alpha value is -1.03. The number of thiophene rings is 1. The van der Waals surface area contributed by atoms with E-state index in [4.69, 9.17) is 27.9 Å². The number of hydrogen-bond acceptors (Lipinski definition) is 3. The second-order valence-electron chi connectivity index (χ2n) is 4.71. The lowest BCUT2D eigenvalue weighted by atomic mass is 10.1. The zero-order chi connectivity index (χ0) is 14.3. The molecule has 1 aliphatic carbocycles. The summed E-state index contributed by atoms with van der Waals surface area (Å²) in [5.74, 6) is 0.404. The van der Waals surface area contributed by atoms with Gasteiger partial charge in [0.15, 0.2) is 0 Å². The zero-order valence-electron chi connectivity index (χ0n) is 10.8. The van der Waals surface area contributed by atoms with E-state index in [2.05, 4.69) is 0 Å². The van der Waals surface area contributed by atoms with E-state index in [9.17, 15) is 4.79 Å². The van der Waals surface area contributed by atoms with Gasteiger partial charge in [-0.15, -0.1) is 11.3 Å². The third-order valence-electron chi connectivity index (χ3n) is 3.46. The normalized spacial score (nSPS) is 13.3. The van der Waals surface area contributed by atoms with Gasteiger partial charge < -0.3 is 4.74 Å². The zero-order valence-corrected chi connectivity index (χ0v) is 13.2. The fourth-order valence-corrected chi connectivity index (χ4v) is 4.12. The van der Waals surface area contributed by atoms with Crippen molar-refractivity contribution in [2.24, 2.45) is 0 Å². The van der Waals surface area contributed by atoms with E-state index >= 15 is 0 Å². The molecular weight excluding hydrogens is 315 g/mol. The van der Waals surface area contributed by atoms with Gasteiger partial charge in [-0.1, -0.05) is 23.2 Å². The number of hydrogen-bond donors (Lipinski definition) is 0. The average molecular weight is 327 g/mol. The molecule has 0 aliphatic heterocycles. The smallest absolute Gasteiger partial charge is 0.204 e. The molecule has 0 atom stereocenters. The van der Waals surface area contributed by atoms with Crippen molar-refractivity contribution in [3.63, 3.8) is 0 Å². The van der Waals surface area contributed by atoms with Gasteiger partial charge in [0.25, 0.3) is 0 Å². The lowest BCUT2D eigenvalue weighted by Gasteiger charge is -2.07. The van der Waals surface area contributed by atoms with E-state index in [0.29, 0.717) is 21.4 Å². The summed E-state index contributed by atoms with van der Waals surface area (Å²) in [7, 11) is 1.52. The first kappa shape index (κ1) is 13.9. The fourth-order valence-electron chi connectivity index (χ4n) is 2.43. The maximum Gasteiger partial charge on any atom is 0.204 e. The number of aryl methyl sites for hydroxylation is 2. The molecule has 0 amide bonds. The van der Waals surface area contributed by atoms with Crippen LogP contribution < -0.4 is 4.74 Å². The van der Waals surface area contributed by atoms with Crippen LogP contribution in [0.15, 0.2) is 18.2 Å². The highest BCUT2D eigenvalue weighted by molar-refractivity contribution is 7.14. The van der Waals surface area contributed by atoms with Crippen molar-refractivity contribution >= 4 is 40.3 Å². The number of carbonyl (C=O) groups is 1. The highest BCUT2D eigenvalue weighted by atomic mass is 35.5. The quantitative estimate of drug-likeness (QED) is 0.758. The molecular formula is C15H12Cl2O2S. The van der Waals surface area contributed by atoms with Crippen LogP contribution in [0, 0.1) is 0 Å². The van der Waals surface area contributed by atoms with Crippen LogP contribution >= 0.6 is 34.5 Å². The van der Waals surface area contributed by atoms with Crippen molar-refractivity contribution in [3.8, 4) is 5.75 Å². The highest BCUT2D eigenvalue weighted by Crippen LogP contribution is 2.35. The molecule has 20 heavy (non-hydrogen) atoms. The van der Waals surface area contributed by atoms with E-state index in [1.54, 1.807) is 23.5 Å². The van der Waals surface area contributed by atoms with E-state index in [1.165, 1.54) is 24.0 Å². The fraction of sp³-hybridized carbons (Fsp3) is 0.267. The predicted molar refractivity (Wildman–Crippen MR) is 82.8 cm³/mol. The number of rotatable bonds is 3. The molecule has 0 radical (unpaired) electrons. The van der Waals surface area contributed by atoms with Crippen molar-refractivity contribution in [2.75, 3.05) is 7.11 Å². The van der Waals surface area contributed by atoms with Crippen LogP contribution in [0.4, 0.5) is 0 Å². The Morgan fingerprint density at radius 3 is 2.70 bits per heavy atom. The first-order valence-electron chi connectivity index (χ1n) is 6.29. The molecule has 0 bridgehead atoms. The van der Waals surface area contributed by atoms with E-state index in [1.807, 2.05) is 6.07 Å². The molecule has 0 saturated heterocycles. The second-order valence-corrected chi connectivity index (χ2v) is 6.66. The summed E-state index contributed by atoms with van der Waals surface area (Å²) in [4.78, 5) is 14.6. The van der Waals surface area contributed by atoms with Crippen LogP contribution in [-0.4, -0.2) is 12.9 Å². The summed E-state index contributed by atoms with van der Waals surface area (Å²) in [6.45, 7) is 0. The first-order valence-corrected chi connectivity index (χ1v) is 7.86. The molecule has 5 heteroatoms. The van der Waals surface area contributed by atoms with Crippen LogP contribution in [0.3, 0.4) is 0 Å². The maximum atomic E-state index is 12.6. The molecule has 1 heterocycles. The molecule has 0 spiro atoms. The van der Waals surface area contributed by atoms with Gasteiger partial charge in [-0.25, -0.2) is 0 Å². The van der Waals surface area contributed by atoms with E-state index < -0.39 is 0 Å². The molecule has 0 unspecified atom stereocenters. The van der Waals surface area contributed by atoms with Crippen molar-refractivity contribution in [3.05, 3.63) is 49.1 Å². The number of ether oxygens (including phenoxy) is 1. The molecule has 1 aromatic carbocycles. The Morgan fingerprint density at radius 2 is 2.00 bits per heavy atom. The second kappa shape index (κ2) is 5.40. The van der Waals surface area contributed by atoms with Crippen molar-refractivity contribution in [2.45, 2.75) is 19.3 Å². The number of benzene rings is 1. The molecule has 0 saturated carbocycles. The van der Waals surface area contributed by atoms with Crippen molar-refractivity contribution in [1.82, 2.24) is 0 Å². The van der Waals surface area contributed by atoms with Gasteiger partial charge in [-0.2, -0.15) is 0 Å². The van der Waals surface area contributed by atoms with Gasteiger partial charge in [0.1, 0.15) is 5.75 Å². The largest absolute Gasteiger partial charge is 0.495 e. The first-order chi connectivity index (χ1) is 9.60. The standard InChI is InChI=1S/C15H12Cl2O2S/c1-19-12-7-10(16)9(6-11(12)17)15(18)14-5-8-3-2-4-13(8)20-14/h5-7H,2-4H2,1H3. The summed E-state index contributed by atoms with van der Waals surface area (Å²) in [6.07, 6.45) is 3.32. The molecule has 1 aromatic heterocycles. The Morgan fingerprint density at radius 1 is 1.20 bits per heavy atom. The van der Waals surface area contributed by atoms with Gasteiger partial charge in [0, 0.05) is 16.5 Å². The lowest BCUT2D eigenvalue weighted by molar-refractivity contribution is 0.104. The van der Waals surface area contributed by atoms with Crippen LogP contribution in [0.25, 0.3) is 0 Å². The number of carbonyl (C=O) groups excluding carboxylic acids is 1. The molecule has 2 aromatic rings. The lowest BCUT2D eigenvalue weighted by Crippen LogP contribution is -2.01. The molecule has 1 aliphatic rings. The minimum Gasteiger partial charge on any atom is -0.495 e. The van der Waals surface area contributed by atoms with Gasteiger partial charge >= 0.3 is 0 Å². The molecule has 3 rings (SSSR count). The maximum absolute atomic E-state index is 12.6. The van der Waals surface area contributed by atoms with E-state index in [0.717, 1.165) is 17.7 Å². The third kappa shape index (κ3) is 2.34. The Bertz CT molecular complexity index is 670. The minimum atomic E-state index is -0.0704. The number of halogens is 2. The summed E-state index contributed by atoms with van der Waals surface area (Å²) in [5, 5.41) is 0.758. The SMILES string of the molecule is COc1cc(Cl)c(C(=O)c2cc3c(s2)CCC3)cc1Cl. The molecule has 0 fully saturated rings.